The molecule has 1 unspecified atom stereocenters. The first-order valence-electron chi connectivity index (χ1n) is 9.22. The van der Waals surface area contributed by atoms with Crippen LogP contribution in [-0.2, 0) is 16.0 Å². The lowest BCUT2D eigenvalue weighted by atomic mass is 9.98. The number of esters is 1. The van der Waals surface area contributed by atoms with Crippen molar-refractivity contribution in [1.29, 1.82) is 0 Å². The maximum absolute atomic E-state index is 12.3. The topological polar surface area (TPSA) is 39.2 Å². The van der Waals surface area contributed by atoms with Gasteiger partial charge in [-0.2, -0.15) is 0 Å². The summed E-state index contributed by atoms with van der Waals surface area (Å²) in [6, 6.07) is 0. The van der Waals surface area contributed by atoms with E-state index in [2.05, 4.69) is 44.5 Å². The Morgan fingerprint density at radius 3 is 2.46 bits per heavy atom. The number of carbonyl (C=O) groups is 1. The molecular formula is C22H33NO2S. The maximum atomic E-state index is 12.3. The van der Waals surface area contributed by atoms with Crippen molar-refractivity contribution in [1.82, 2.24) is 4.98 Å². The molecule has 1 rings (SSSR count). The quantitative estimate of drug-likeness (QED) is 0.358. The zero-order valence-corrected chi connectivity index (χ0v) is 18.0. The van der Waals surface area contributed by atoms with E-state index >= 15 is 0 Å². The largest absolute Gasteiger partial charge is 0.455 e. The molecule has 0 spiro atoms. The smallest absolute Gasteiger partial charge is 0.313 e. The lowest BCUT2D eigenvalue weighted by Crippen LogP contribution is -2.30. The average molecular weight is 376 g/mol. The zero-order valence-electron chi connectivity index (χ0n) is 17.1. The van der Waals surface area contributed by atoms with E-state index in [1.165, 1.54) is 11.1 Å². The minimum atomic E-state index is -0.644. The number of allylic oxidation sites excluding steroid dienone is 4. The third-order valence-corrected chi connectivity index (χ3v) is 5.44. The molecule has 3 nitrogen and oxygen atoms in total. The fraction of sp³-hybridized carbons (Fsp3) is 0.545. The van der Waals surface area contributed by atoms with Crippen LogP contribution in [0.5, 0.6) is 0 Å². The number of aryl methyl sites for hydroxylation is 2. The summed E-state index contributed by atoms with van der Waals surface area (Å²) < 4.78 is 5.71. The molecule has 0 aliphatic rings. The molecule has 0 saturated carbocycles. The molecule has 0 aliphatic heterocycles. The van der Waals surface area contributed by atoms with Crippen molar-refractivity contribution in [3.8, 4) is 0 Å². The van der Waals surface area contributed by atoms with Gasteiger partial charge in [0.15, 0.2) is 0 Å². The average Bonchev–Trinajstić information content (AvgIpc) is 2.84. The number of carbonyl (C=O) groups excluding carboxylic acids is 1. The fourth-order valence-corrected chi connectivity index (χ4v) is 3.44. The second-order valence-corrected chi connectivity index (χ2v) is 8.61. The molecule has 144 valence electrons. The third-order valence-electron chi connectivity index (χ3n) is 4.37. The van der Waals surface area contributed by atoms with Crippen LogP contribution in [0.1, 0.15) is 69.0 Å². The number of hydrogen-bond donors (Lipinski definition) is 0. The number of hydrogen-bond acceptors (Lipinski definition) is 4. The monoisotopic (exact) mass is 375 g/mol. The van der Waals surface area contributed by atoms with E-state index in [1.54, 1.807) is 17.4 Å². The highest BCUT2D eigenvalue weighted by atomic mass is 32.1. The van der Waals surface area contributed by atoms with Gasteiger partial charge in [-0.15, -0.1) is 11.3 Å². The van der Waals surface area contributed by atoms with Gasteiger partial charge >= 0.3 is 5.97 Å². The van der Waals surface area contributed by atoms with Gasteiger partial charge in [-0.25, -0.2) is 4.98 Å². The van der Waals surface area contributed by atoms with E-state index in [1.807, 2.05) is 20.8 Å². The van der Waals surface area contributed by atoms with Crippen molar-refractivity contribution in [2.45, 2.75) is 79.2 Å². The van der Waals surface area contributed by atoms with Gasteiger partial charge in [-0.05, 0) is 73.3 Å². The predicted molar refractivity (Wildman–Crippen MR) is 112 cm³/mol. The van der Waals surface area contributed by atoms with E-state index < -0.39 is 5.60 Å². The van der Waals surface area contributed by atoms with Crippen LogP contribution < -0.4 is 0 Å². The molecule has 4 heteroatoms. The number of nitrogens with zero attached hydrogens (tertiary/aromatic N) is 1. The second kappa shape index (κ2) is 10.5. The van der Waals surface area contributed by atoms with Gasteiger partial charge in [0.2, 0.25) is 0 Å². The van der Waals surface area contributed by atoms with Gasteiger partial charge in [-0.3, -0.25) is 4.79 Å². The highest BCUT2D eigenvalue weighted by Gasteiger charge is 2.25. The van der Waals surface area contributed by atoms with Crippen LogP contribution in [0.25, 0.3) is 0 Å². The number of thiazole rings is 1. The number of ether oxygens (including phenoxy) is 1. The predicted octanol–water partition coefficient (Wildman–Crippen LogP) is 6.26. The summed E-state index contributed by atoms with van der Waals surface area (Å²) in [6.07, 6.45) is 10.2. The zero-order chi connectivity index (χ0) is 19.7. The molecule has 0 radical (unpaired) electrons. The van der Waals surface area contributed by atoms with Gasteiger partial charge in [-0.1, -0.05) is 29.9 Å². The molecule has 1 aromatic heterocycles. The van der Waals surface area contributed by atoms with E-state index in [0.29, 0.717) is 0 Å². The van der Waals surface area contributed by atoms with Gasteiger partial charge in [0, 0.05) is 4.88 Å². The summed E-state index contributed by atoms with van der Waals surface area (Å²) in [5.74, 6) is -0.245. The van der Waals surface area contributed by atoms with Crippen LogP contribution in [0.2, 0.25) is 0 Å². The van der Waals surface area contributed by atoms with Crippen LogP contribution in [-0.4, -0.2) is 16.6 Å². The van der Waals surface area contributed by atoms with Gasteiger partial charge < -0.3 is 4.74 Å². The van der Waals surface area contributed by atoms with E-state index in [0.717, 1.165) is 41.3 Å². The van der Waals surface area contributed by atoms with Crippen molar-refractivity contribution in [2.75, 3.05) is 0 Å². The minimum absolute atomic E-state index is 0.223. The highest BCUT2D eigenvalue weighted by Crippen LogP contribution is 2.23. The normalized spacial score (nSPS) is 13.8. The molecule has 0 saturated heterocycles. The van der Waals surface area contributed by atoms with Gasteiger partial charge in [0.25, 0.3) is 0 Å². The van der Waals surface area contributed by atoms with Crippen LogP contribution in [0.15, 0.2) is 36.0 Å². The molecule has 1 aromatic rings. The van der Waals surface area contributed by atoms with Crippen LogP contribution >= 0.6 is 11.3 Å². The molecule has 0 amide bonds. The molecule has 1 heterocycles. The molecule has 0 aromatic carbocycles. The molecule has 1 atom stereocenters. The second-order valence-electron chi connectivity index (χ2n) is 7.33. The molecule has 0 fully saturated rings. The van der Waals surface area contributed by atoms with Gasteiger partial charge in [0.1, 0.15) is 10.6 Å². The van der Waals surface area contributed by atoms with Crippen molar-refractivity contribution in [3.05, 3.63) is 51.5 Å². The summed E-state index contributed by atoms with van der Waals surface area (Å²) in [5, 5.41) is 0.812. The Morgan fingerprint density at radius 2 is 1.92 bits per heavy atom. The van der Waals surface area contributed by atoms with E-state index in [4.69, 9.17) is 4.74 Å². The van der Waals surface area contributed by atoms with Crippen LogP contribution in [0.3, 0.4) is 0 Å². The van der Waals surface area contributed by atoms with Crippen molar-refractivity contribution in [2.24, 2.45) is 0 Å². The maximum Gasteiger partial charge on any atom is 0.313 e. The first kappa shape index (κ1) is 22.4. The molecule has 26 heavy (non-hydrogen) atoms. The lowest BCUT2D eigenvalue weighted by molar-refractivity contribution is -0.153. The Hall–Kier alpha value is -1.68. The Labute approximate surface area is 162 Å². The Balaban J connectivity index is 2.52. The Morgan fingerprint density at radius 1 is 1.23 bits per heavy atom. The first-order valence-corrected chi connectivity index (χ1v) is 10.0. The molecule has 0 N–H and O–H groups in total. The lowest BCUT2D eigenvalue weighted by Gasteiger charge is -2.25. The highest BCUT2D eigenvalue weighted by molar-refractivity contribution is 7.11. The summed E-state index contributed by atoms with van der Waals surface area (Å²) in [7, 11) is 0. The summed E-state index contributed by atoms with van der Waals surface area (Å²) in [4.78, 5) is 17.8. The van der Waals surface area contributed by atoms with Gasteiger partial charge in [0.05, 0.1) is 12.1 Å². The molecule has 0 aliphatic carbocycles. The van der Waals surface area contributed by atoms with Crippen LogP contribution in [0.4, 0.5) is 0 Å². The standard InChI is InChI=1S/C22H33NO2S/c1-8-22(7,14-10-13-17(4)12-9-11-16(2)3)25-21(24)15-20-23-18(5)19(6)26-20/h8,11,13H,1,9-10,12,14-15H2,2-7H3/b17-13+. The third kappa shape index (κ3) is 8.13. The van der Waals surface area contributed by atoms with Crippen molar-refractivity contribution < 1.29 is 9.53 Å². The Bertz CT molecular complexity index is 661. The van der Waals surface area contributed by atoms with Crippen LogP contribution in [0, 0.1) is 13.8 Å². The summed E-state index contributed by atoms with van der Waals surface area (Å²) in [5.41, 5.74) is 3.07. The first-order chi connectivity index (χ1) is 12.1. The minimum Gasteiger partial charge on any atom is -0.455 e. The summed E-state index contributed by atoms with van der Waals surface area (Å²) in [6.45, 7) is 16.2. The fourth-order valence-electron chi connectivity index (χ4n) is 2.52. The Kier molecular flexibility index (Phi) is 9.00. The SMILES string of the molecule is C=CC(C)(CC/C=C(\C)CCC=C(C)C)OC(=O)Cc1nc(C)c(C)s1. The van der Waals surface area contributed by atoms with E-state index in [-0.39, 0.29) is 12.4 Å². The van der Waals surface area contributed by atoms with E-state index in [9.17, 15) is 4.79 Å². The van der Waals surface area contributed by atoms with Crippen molar-refractivity contribution in [3.63, 3.8) is 0 Å². The molecule has 0 bridgehead atoms. The van der Waals surface area contributed by atoms with Crippen molar-refractivity contribution >= 4 is 17.3 Å². The summed E-state index contributed by atoms with van der Waals surface area (Å²) >= 11 is 1.56. The molecular weight excluding hydrogens is 342 g/mol. The number of aromatic nitrogens is 1. The number of rotatable bonds is 10.